The molecule has 144 valence electrons. The third kappa shape index (κ3) is 5.85. The van der Waals surface area contributed by atoms with Gasteiger partial charge in [0.05, 0.1) is 23.5 Å². The van der Waals surface area contributed by atoms with Crippen LogP contribution in [-0.2, 0) is 16.1 Å². The number of rotatable bonds is 7. The van der Waals surface area contributed by atoms with E-state index < -0.39 is 4.75 Å². The fraction of sp³-hybridized carbons (Fsp3) is 0.435. The number of hydrogen-bond donors (Lipinski definition) is 1. The zero-order valence-electron chi connectivity index (χ0n) is 16.2. The molecule has 0 aliphatic heterocycles. The van der Waals surface area contributed by atoms with Gasteiger partial charge in [-0.05, 0) is 44.4 Å². The number of hydrogen-bond acceptors (Lipinski definition) is 3. The zero-order valence-corrected chi connectivity index (χ0v) is 17.0. The molecular formula is C23H29NO2S. The van der Waals surface area contributed by atoms with Crippen LogP contribution in [0.3, 0.4) is 0 Å². The van der Waals surface area contributed by atoms with Gasteiger partial charge in [0.15, 0.2) is 0 Å². The van der Waals surface area contributed by atoms with E-state index in [0.717, 1.165) is 30.6 Å². The lowest BCUT2D eigenvalue weighted by Gasteiger charge is -2.34. The van der Waals surface area contributed by atoms with Crippen molar-refractivity contribution in [3.63, 3.8) is 0 Å². The number of carbonyl (C=O) groups excluding carboxylic acids is 1. The van der Waals surface area contributed by atoms with Crippen molar-refractivity contribution in [1.82, 2.24) is 5.32 Å². The van der Waals surface area contributed by atoms with E-state index in [1.165, 1.54) is 5.56 Å². The summed E-state index contributed by atoms with van der Waals surface area (Å²) in [7, 11) is 0. The lowest BCUT2D eigenvalue weighted by Crippen LogP contribution is -2.51. The highest BCUT2D eigenvalue weighted by molar-refractivity contribution is 8.01. The van der Waals surface area contributed by atoms with Gasteiger partial charge in [0, 0.05) is 4.90 Å². The first-order chi connectivity index (χ1) is 13.0. The van der Waals surface area contributed by atoms with Gasteiger partial charge in [-0.2, -0.15) is 0 Å². The number of carbonyl (C=O) groups is 1. The van der Waals surface area contributed by atoms with Gasteiger partial charge in [-0.3, -0.25) is 4.79 Å². The Morgan fingerprint density at radius 1 is 1.04 bits per heavy atom. The molecule has 4 heteroatoms. The Bertz CT molecular complexity index is 718. The van der Waals surface area contributed by atoms with E-state index in [0.29, 0.717) is 6.61 Å². The number of amides is 1. The monoisotopic (exact) mass is 383 g/mol. The second kappa shape index (κ2) is 9.43. The molecule has 3 rings (SSSR count). The van der Waals surface area contributed by atoms with Gasteiger partial charge in [0.25, 0.3) is 0 Å². The Morgan fingerprint density at radius 2 is 1.67 bits per heavy atom. The summed E-state index contributed by atoms with van der Waals surface area (Å²) in [5, 5.41) is 3.28. The summed E-state index contributed by atoms with van der Waals surface area (Å²) in [6.07, 6.45) is 4.37. The van der Waals surface area contributed by atoms with E-state index in [1.54, 1.807) is 11.8 Å². The van der Waals surface area contributed by atoms with E-state index >= 15 is 0 Å². The molecular weight excluding hydrogens is 354 g/mol. The third-order valence-corrected chi connectivity index (χ3v) is 6.19. The van der Waals surface area contributed by atoms with Crippen LogP contribution >= 0.6 is 11.8 Å². The normalized spacial score (nSPS) is 20.2. The first kappa shape index (κ1) is 20.0. The number of nitrogens with one attached hydrogen (secondary N) is 1. The van der Waals surface area contributed by atoms with Crippen LogP contribution in [-0.4, -0.2) is 22.8 Å². The van der Waals surface area contributed by atoms with E-state index in [1.807, 2.05) is 62.4 Å². The SMILES string of the molecule is CC(C)(Sc1ccccc1)C(=O)N[C@@H]1CCCC[C@H]1OCc1ccccc1. The molecule has 0 bridgehead atoms. The molecule has 0 heterocycles. The third-order valence-electron chi connectivity index (χ3n) is 4.99. The highest BCUT2D eigenvalue weighted by atomic mass is 32.2. The summed E-state index contributed by atoms with van der Waals surface area (Å²) in [5.74, 6) is 0.0802. The topological polar surface area (TPSA) is 38.3 Å². The van der Waals surface area contributed by atoms with Crippen molar-refractivity contribution in [2.75, 3.05) is 0 Å². The summed E-state index contributed by atoms with van der Waals surface area (Å²) in [4.78, 5) is 14.1. The van der Waals surface area contributed by atoms with Crippen LogP contribution in [0.15, 0.2) is 65.6 Å². The van der Waals surface area contributed by atoms with Gasteiger partial charge < -0.3 is 10.1 Å². The maximum atomic E-state index is 13.0. The van der Waals surface area contributed by atoms with Crippen LogP contribution in [0, 0.1) is 0 Å². The standard InChI is InChI=1S/C23H29NO2S/c1-23(2,27-19-13-7-4-8-14-19)22(25)24-20-15-9-10-16-21(20)26-17-18-11-5-3-6-12-18/h3-8,11-14,20-21H,9-10,15-17H2,1-2H3,(H,24,25)/t20-,21-/m1/s1. The van der Waals surface area contributed by atoms with Gasteiger partial charge in [0.2, 0.25) is 5.91 Å². The molecule has 2 aromatic rings. The van der Waals surface area contributed by atoms with Crippen molar-refractivity contribution >= 4 is 17.7 Å². The van der Waals surface area contributed by atoms with Crippen LogP contribution in [0.5, 0.6) is 0 Å². The van der Waals surface area contributed by atoms with Gasteiger partial charge in [-0.1, -0.05) is 61.4 Å². The molecule has 3 nitrogen and oxygen atoms in total. The predicted octanol–water partition coefficient (Wildman–Crippen LogP) is 5.20. The molecule has 27 heavy (non-hydrogen) atoms. The van der Waals surface area contributed by atoms with Gasteiger partial charge in [-0.25, -0.2) is 0 Å². The minimum Gasteiger partial charge on any atom is -0.371 e. The average Bonchev–Trinajstić information content (AvgIpc) is 2.68. The number of thioether (sulfide) groups is 1. The summed E-state index contributed by atoms with van der Waals surface area (Å²) in [5.41, 5.74) is 1.17. The van der Waals surface area contributed by atoms with E-state index in [4.69, 9.17) is 4.74 Å². The fourth-order valence-electron chi connectivity index (χ4n) is 3.41. The molecule has 0 radical (unpaired) electrons. The zero-order chi connectivity index (χ0) is 19.1. The van der Waals surface area contributed by atoms with Crippen LogP contribution in [0.1, 0.15) is 45.1 Å². The summed E-state index contributed by atoms with van der Waals surface area (Å²) >= 11 is 1.60. The second-order valence-corrected chi connectivity index (χ2v) is 9.32. The minimum absolute atomic E-state index is 0.0802. The summed E-state index contributed by atoms with van der Waals surface area (Å²) in [6, 6.07) is 20.4. The van der Waals surface area contributed by atoms with E-state index in [2.05, 4.69) is 17.4 Å². The number of ether oxygens (including phenoxy) is 1. The Balaban J connectivity index is 1.58. The quantitative estimate of drug-likeness (QED) is 0.668. The van der Waals surface area contributed by atoms with Crippen LogP contribution in [0.4, 0.5) is 0 Å². The Morgan fingerprint density at radius 3 is 2.37 bits per heavy atom. The minimum atomic E-state index is -0.525. The van der Waals surface area contributed by atoms with Gasteiger partial charge >= 0.3 is 0 Å². The van der Waals surface area contributed by atoms with Crippen LogP contribution in [0.2, 0.25) is 0 Å². The van der Waals surface area contributed by atoms with E-state index in [-0.39, 0.29) is 18.1 Å². The molecule has 2 aromatic carbocycles. The predicted molar refractivity (Wildman–Crippen MR) is 112 cm³/mol. The van der Waals surface area contributed by atoms with Gasteiger partial charge in [-0.15, -0.1) is 11.8 Å². The summed E-state index contributed by atoms with van der Waals surface area (Å²) < 4.78 is 5.67. The van der Waals surface area contributed by atoms with Crippen LogP contribution in [0.25, 0.3) is 0 Å². The van der Waals surface area contributed by atoms with Crippen molar-refractivity contribution in [2.45, 2.75) is 67.9 Å². The molecule has 0 unspecified atom stereocenters. The highest BCUT2D eigenvalue weighted by Gasteiger charge is 2.34. The highest BCUT2D eigenvalue weighted by Crippen LogP contribution is 2.33. The van der Waals surface area contributed by atoms with Gasteiger partial charge in [0.1, 0.15) is 0 Å². The first-order valence-electron chi connectivity index (χ1n) is 9.75. The average molecular weight is 384 g/mol. The molecule has 0 saturated heterocycles. The molecule has 1 fully saturated rings. The van der Waals surface area contributed by atoms with Crippen molar-refractivity contribution in [1.29, 1.82) is 0 Å². The van der Waals surface area contributed by atoms with E-state index in [9.17, 15) is 4.79 Å². The molecule has 1 amide bonds. The lowest BCUT2D eigenvalue weighted by molar-refractivity contribution is -0.125. The Kier molecular flexibility index (Phi) is 6.97. The first-order valence-corrected chi connectivity index (χ1v) is 10.6. The smallest absolute Gasteiger partial charge is 0.236 e. The largest absolute Gasteiger partial charge is 0.371 e. The Hall–Kier alpha value is -1.78. The van der Waals surface area contributed by atoms with Crippen molar-refractivity contribution in [2.24, 2.45) is 0 Å². The molecule has 2 atom stereocenters. The maximum absolute atomic E-state index is 13.0. The van der Waals surface area contributed by atoms with Crippen molar-refractivity contribution < 1.29 is 9.53 Å². The molecule has 1 saturated carbocycles. The molecule has 1 aliphatic carbocycles. The molecule has 1 N–H and O–H groups in total. The van der Waals surface area contributed by atoms with Crippen molar-refractivity contribution in [3.8, 4) is 0 Å². The number of benzene rings is 2. The van der Waals surface area contributed by atoms with Crippen LogP contribution < -0.4 is 5.32 Å². The van der Waals surface area contributed by atoms with Crippen molar-refractivity contribution in [3.05, 3.63) is 66.2 Å². The molecule has 0 aromatic heterocycles. The maximum Gasteiger partial charge on any atom is 0.236 e. The fourth-order valence-corrected chi connectivity index (χ4v) is 4.44. The molecule has 0 spiro atoms. The summed E-state index contributed by atoms with van der Waals surface area (Å²) in [6.45, 7) is 4.57. The Labute approximate surface area is 166 Å². The lowest BCUT2D eigenvalue weighted by atomic mass is 9.92. The second-order valence-electron chi connectivity index (χ2n) is 7.62. The molecule has 1 aliphatic rings.